The molecule has 4 amide bonds. The number of non-ortho nitro benzene ring substituents is 2. The average Bonchev–Trinajstić information content (AvgIpc) is 3.71. The van der Waals surface area contributed by atoms with Crippen LogP contribution >= 0.6 is 11.8 Å². The molecule has 0 aliphatic carbocycles. The number of fused-ring (bicyclic) bond motifs is 1. The lowest BCUT2D eigenvalue weighted by atomic mass is 9.93. The molecule has 3 fully saturated rings. The summed E-state index contributed by atoms with van der Waals surface area (Å²) in [5.74, 6) is -0.149. The number of unbranched alkanes of at least 4 members (excludes halogenated alkanes) is 1. The highest BCUT2D eigenvalue weighted by molar-refractivity contribution is 8.00. The standard InChI is InChI=1S/C38H38N6O8S/c45-34(9-5-4-8-33-35-32(23-53-33)40-38(48)41-35)39-31(20-24-6-2-1-3-7-24)37(47)42-21-27(18-25-10-14-29(15-11-25)43(49)50)36(46)28(22-42)19-26-12-16-30(17-13-26)44(51)52/h1-3,6-7,10-19,31-33,35H,4-5,8-9,20-23H2,(H,39,45)(H2,40,41,48)/b27-18+,28-19+/t31-,32?,33-,35?/m0/s1. The van der Waals surface area contributed by atoms with Gasteiger partial charge in [-0.15, -0.1) is 0 Å². The van der Waals surface area contributed by atoms with Gasteiger partial charge in [-0.2, -0.15) is 11.8 Å². The Balaban J connectivity index is 1.20. The maximum Gasteiger partial charge on any atom is 0.315 e. The highest BCUT2D eigenvalue weighted by Gasteiger charge is 2.42. The van der Waals surface area contributed by atoms with E-state index in [9.17, 15) is 39.4 Å². The third kappa shape index (κ3) is 9.35. The summed E-state index contributed by atoms with van der Waals surface area (Å²) in [6.07, 6.45) is 5.83. The first kappa shape index (κ1) is 36.9. The van der Waals surface area contributed by atoms with Crippen molar-refractivity contribution in [1.29, 1.82) is 0 Å². The van der Waals surface area contributed by atoms with Crippen molar-refractivity contribution in [2.24, 2.45) is 0 Å². The molecule has 3 aliphatic heterocycles. The number of nitrogens with one attached hydrogen (secondary N) is 3. The summed E-state index contributed by atoms with van der Waals surface area (Å²) < 4.78 is 0. The van der Waals surface area contributed by atoms with E-state index in [0.29, 0.717) is 17.5 Å². The van der Waals surface area contributed by atoms with Crippen molar-refractivity contribution in [3.05, 3.63) is 127 Å². The van der Waals surface area contributed by atoms with Crippen molar-refractivity contribution in [1.82, 2.24) is 20.9 Å². The summed E-state index contributed by atoms with van der Waals surface area (Å²) in [6.45, 7) is -0.139. The predicted octanol–water partition coefficient (Wildman–Crippen LogP) is 4.83. The number of nitro groups is 2. The fourth-order valence-electron chi connectivity index (χ4n) is 6.79. The molecule has 3 heterocycles. The lowest BCUT2D eigenvalue weighted by molar-refractivity contribution is -0.385. The predicted molar refractivity (Wildman–Crippen MR) is 200 cm³/mol. The van der Waals surface area contributed by atoms with Gasteiger partial charge in [-0.05, 0) is 65.9 Å². The molecule has 0 bridgehead atoms. The van der Waals surface area contributed by atoms with E-state index in [4.69, 9.17) is 0 Å². The number of carbonyl (C=O) groups is 4. The minimum Gasteiger partial charge on any atom is -0.344 e. The van der Waals surface area contributed by atoms with Crippen molar-refractivity contribution < 1.29 is 29.0 Å². The van der Waals surface area contributed by atoms with Crippen LogP contribution in [0.5, 0.6) is 0 Å². The van der Waals surface area contributed by atoms with Crippen LogP contribution in [0.15, 0.2) is 90.0 Å². The summed E-state index contributed by atoms with van der Waals surface area (Å²) in [5.41, 5.74) is 2.19. The Hall–Kier alpha value is -5.83. The molecule has 3 aromatic carbocycles. The number of hydrogen-bond donors (Lipinski definition) is 3. The van der Waals surface area contributed by atoms with E-state index in [1.54, 1.807) is 12.2 Å². The number of nitro benzene ring substituents is 2. The van der Waals surface area contributed by atoms with E-state index in [1.807, 2.05) is 42.1 Å². The molecule has 0 spiro atoms. The Labute approximate surface area is 309 Å². The normalized spacial score (nSPS) is 21.5. The number of urea groups is 1. The number of thioether (sulfide) groups is 1. The molecular weight excluding hydrogens is 701 g/mol. The zero-order chi connectivity index (χ0) is 37.5. The highest BCUT2D eigenvalue weighted by Crippen LogP contribution is 2.33. The number of ketones is 1. The molecule has 6 rings (SSSR count). The number of Topliss-reactive ketones (excluding diaryl/α,β-unsaturated/α-hetero) is 1. The lowest BCUT2D eigenvalue weighted by Crippen LogP contribution is -2.52. The van der Waals surface area contributed by atoms with Gasteiger partial charge in [0.15, 0.2) is 5.78 Å². The van der Waals surface area contributed by atoms with Gasteiger partial charge >= 0.3 is 6.03 Å². The van der Waals surface area contributed by atoms with E-state index in [1.165, 1.54) is 53.4 Å². The molecule has 4 atom stereocenters. The van der Waals surface area contributed by atoms with Gasteiger partial charge in [0.1, 0.15) is 6.04 Å². The number of carbonyl (C=O) groups excluding carboxylic acids is 4. The maximum atomic E-state index is 14.4. The Morgan fingerprint density at radius 3 is 2.00 bits per heavy atom. The summed E-state index contributed by atoms with van der Waals surface area (Å²) >= 11 is 1.82. The monoisotopic (exact) mass is 738 g/mol. The number of hydrogen-bond acceptors (Lipinski definition) is 9. The van der Waals surface area contributed by atoms with E-state index < -0.39 is 21.8 Å². The van der Waals surface area contributed by atoms with Crippen molar-refractivity contribution in [2.45, 2.75) is 55.5 Å². The van der Waals surface area contributed by atoms with Crippen LogP contribution in [-0.4, -0.2) is 80.6 Å². The van der Waals surface area contributed by atoms with Crippen LogP contribution < -0.4 is 16.0 Å². The van der Waals surface area contributed by atoms with Gasteiger partial charge in [-0.1, -0.05) is 36.8 Å². The van der Waals surface area contributed by atoms with Gasteiger partial charge in [0.05, 0.1) is 21.9 Å². The summed E-state index contributed by atoms with van der Waals surface area (Å²) in [6, 6.07) is 19.8. The van der Waals surface area contributed by atoms with Crippen LogP contribution in [0.25, 0.3) is 12.2 Å². The molecule has 14 nitrogen and oxygen atoms in total. The van der Waals surface area contributed by atoms with E-state index >= 15 is 0 Å². The number of rotatable bonds is 13. The zero-order valence-corrected chi connectivity index (χ0v) is 29.5. The van der Waals surface area contributed by atoms with Gasteiger partial charge < -0.3 is 20.9 Å². The molecule has 3 saturated heterocycles. The largest absolute Gasteiger partial charge is 0.344 e. The van der Waals surface area contributed by atoms with Gasteiger partial charge in [0.2, 0.25) is 11.8 Å². The van der Waals surface area contributed by atoms with Crippen LogP contribution in [0.4, 0.5) is 16.2 Å². The third-order valence-corrected chi connectivity index (χ3v) is 11.0. The molecule has 3 aliphatic rings. The van der Waals surface area contributed by atoms with Crippen molar-refractivity contribution in [3.8, 4) is 0 Å². The quantitative estimate of drug-likeness (QED) is 0.0724. The topological polar surface area (TPSA) is 194 Å². The number of nitrogens with zero attached hydrogens (tertiary/aromatic N) is 3. The second-order valence-corrected chi connectivity index (χ2v) is 14.5. The van der Waals surface area contributed by atoms with Crippen LogP contribution in [0.1, 0.15) is 42.4 Å². The smallest absolute Gasteiger partial charge is 0.315 e. The molecule has 0 aromatic heterocycles. The first-order valence-electron chi connectivity index (χ1n) is 17.3. The van der Waals surface area contributed by atoms with Crippen molar-refractivity contribution in [2.75, 3.05) is 18.8 Å². The van der Waals surface area contributed by atoms with Crippen LogP contribution in [0, 0.1) is 20.2 Å². The van der Waals surface area contributed by atoms with Crippen molar-refractivity contribution >= 4 is 58.9 Å². The Kier molecular flexibility index (Phi) is 11.6. The maximum absolute atomic E-state index is 14.4. The van der Waals surface area contributed by atoms with Gasteiger partial charge in [-0.25, -0.2) is 4.79 Å². The molecule has 0 saturated carbocycles. The fourth-order valence-corrected chi connectivity index (χ4v) is 8.34. The summed E-state index contributed by atoms with van der Waals surface area (Å²) in [5, 5.41) is 31.5. The molecule has 274 valence electrons. The number of likely N-dealkylation sites (tertiary alicyclic amines) is 1. The minimum atomic E-state index is -0.940. The molecule has 3 N–H and O–H groups in total. The highest BCUT2D eigenvalue weighted by atomic mass is 32.2. The first-order chi connectivity index (χ1) is 25.5. The van der Waals surface area contributed by atoms with Gasteiger partial charge in [0, 0.05) is 72.3 Å². The molecule has 53 heavy (non-hydrogen) atoms. The summed E-state index contributed by atoms with van der Waals surface area (Å²) in [7, 11) is 0. The second-order valence-electron chi connectivity index (χ2n) is 13.2. The average molecular weight is 739 g/mol. The number of piperidine rings is 1. The van der Waals surface area contributed by atoms with Crippen LogP contribution in [0.3, 0.4) is 0 Å². The molecule has 15 heteroatoms. The lowest BCUT2D eigenvalue weighted by Gasteiger charge is -2.33. The number of benzene rings is 3. The molecular formula is C38H38N6O8S. The van der Waals surface area contributed by atoms with Gasteiger partial charge in [-0.3, -0.25) is 34.6 Å². The Morgan fingerprint density at radius 1 is 0.849 bits per heavy atom. The van der Waals surface area contributed by atoms with E-state index in [-0.39, 0.29) is 83.5 Å². The molecule has 2 unspecified atom stereocenters. The van der Waals surface area contributed by atoms with Crippen LogP contribution in [-0.2, 0) is 20.8 Å². The SMILES string of the molecule is O=C(CCCC[C@@H]1SCC2NC(=O)NC21)N[C@@H](Cc1ccccc1)C(=O)N1C/C(=C\c2ccc([N+](=O)[O-])cc2)C(=O)/C(=C/c2ccc([N+](=O)[O-])cc2)C1. The second kappa shape index (κ2) is 16.7. The Morgan fingerprint density at radius 2 is 1.43 bits per heavy atom. The number of amides is 4. The van der Waals surface area contributed by atoms with Gasteiger partial charge in [0.25, 0.3) is 11.4 Å². The summed E-state index contributed by atoms with van der Waals surface area (Å²) in [4.78, 5) is 76.1. The third-order valence-electron chi connectivity index (χ3n) is 9.50. The molecule has 3 aromatic rings. The Bertz CT molecular complexity index is 1870. The fraction of sp³-hybridized carbons (Fsp3) is 0.316. The minimum absolute atomic E-state index is 0.0694. The van der Waals surface area contributed by atoms with Crippen LogP contribution in [0.2, 0.25) is 0 Å². The van der Waals surface area contributed by atoms with Crippen molar-refractivity contribution in [3.63, 3.8) is 0 Å². The van der Waals surface area contributed by atoms with E-state index in [2.05, 4.69) is 16.0 Å². The zero-order valence-electron chi connectivity index (χ0n) is 28.6. The molecule has 0 radical (unpaired) electrons. The van der Waals surface area contributed by atoms with E-state index in [0.717, 1.165) is 24.2 Å². The first-order valence-corrected chi connectivity index (χ1v) is 18.3.